The van der Waals surface area contributed by atoms with E-state index in [4.69, 9.17) is 14.2 Å². The third-order valence-corrected chi connectivity index (χ3v) is 8.22. The van der Waals surface area contributed by atoms with Crippen LogP contribution < -0.4 is 0 Å². The van der Waals surface area contributed by atoms with Crippen molar-refractivity contribution >= 4 is 11.9 Å². The Bertz CT molecular complexity index is 869. The molecule has 6 atom stereocenters. The predicted octanol–water partition coefficient (Wildman–Crippen LogP) is 5.99. The van der Waals surface area contributed by atoms with Gasteiger partial charge in [0.15, 0.2) is 17.6 Å². The Kier molecular flexibility index (Phi) is 6.21. The van der Waals surface area contributed by atoms with Crippen LogP contribution in [0, 0.1) is 27.1 Å². The minimum Gasteiger partial charge on any atom is -0.455 e. The Morgan fingerprint density at radius 1 is 0.971 bits per heavy atom. The number of alkyl halides is 6. The van der Waals surface area contributed by atoms with E-state index in [2.05, 4.69) is 0 Å². The second kappa shape index (κ2) is 7.74. The Hall–Kier alpha value is -1.52. The molecule has 0 aromatic rings. The fraction of sp³-hybridized carbons (Fsp3) is 0.917. The molecule has 3 fully saturated rings. The first-order valence-corrected chi connectivity index (χ1v) is 11.6. The zero-order valence-electron chi connectivity index (χ0n) is 21.2. The second-order valence-corrected chi connectivity index (χ2v) is 13.0. The number of fused-ring (bicyclic) bond motifs is 1. The van der Waals surface area contributed by atoms with Gasteiger partial charge in [0.1, 0.15) is 17.6 Å². The zero-order valence-corrected chi connectivity index (χ0v) is 21.2. The smallest absolute Gasteiger partial charge is 0.402 e. The van der Waals surface area contributed by atoms with Crippen LogP contribution in [-0.4, -0.2) is 48.7 Å². The summed E-state index contributed by atoms with van der Waals surface area (Å²) in [5.41, 5.74) is -8.01. The molecule has 3 saturated heterocycles. The van der Waals surface area contributed by atoms with E-state index < -0.39 is 83.2 Å². The first-order chi connectivity index (χ1) is 15.4. The SMILES string of the molecule is CC(C)(C)CC(C)(C(=O)OC1C2CC3(CC(C)(C(F)(F)F)C(F)(F)F)C(=O)OC1C3O2)C(C)(C)C. The van der Waals surface area contributed by atoms with Gasteiger partial charge in [0.25, 0.3) is 0 Å². The number of halogens is 6. The van der Waals surface area contributed by atoms with Crippen LogP contribution in [0.1, 0.15) is 74.7 Å². The standard InChI is InChI=1S/C24H34F6O5/c1-18(2,3)10-20(7,19(4,5)6)16(31)34-13-12-9-22(15(33-12)14(13)35-17(22)32)11-21(8,23(25,26)27)24(28,29)30/h12-15H,9-11H2,1-8H3. The lowest BCUT2D eigenvalue weighted by Gasteiger charge is -2.44. The van der Waals surface area contributed by atoms with Gasteiger partial charge in [-0.05, 0) is 43.9 Å². The van der Waals surface area contributed by atoms with Gasteiger partial charge in [0, 0.05) is 0 Å². The summed E-state index contributed by atoms with van der Waals surface area (Å²) in [5, 5.41) is 0. The maximum Gasteiger partial charge on any atom is 0.402 e. The number of carbonyl (C=O) groups is 2. The average molecular weight is 517 g/mol. The molecule has 0 radical (unpaired) electrons. The van der Waals surface area contributed by atoms with Gasteiger partial charge >= 0.3 is 24.3 Å². The fourth-order valence-corrected chi connectivity index (χ4v) is 5.72. The largest absolute Gasteiger partial charge is 0.455 e. The number of hydrogen-bond acceptors (Lipinski definition) is 5. The Labute approximate surface area is 201 Å². The highest BCUT2D eigenvalue weighted by molar-refractivity contribution is 5.83. The van der Waals surface area contributed by atoms with E-state index in [-0.39, 0.29) is 12.3 Å². The van der Waals surface area contributed by atoms with E-state index in [1.54, 1.807) is 6.92 Å². The molecule has 3 aliphatic heterocycles. The van der Waals surface area contributed by atoms with Crippen molar-refractivity contribution in [3.63, 3.8) is 0 Å². The van der Waals surface area contributed by atoms with Crippen LogP contribution in [0.25, 0.3) is 0 Å². The summed E-state index contributed by atoms with van der Waals surface area (Å²) in [7, 11) is 0. The molecule has 0 N–H and O–H groups in total. The summed E-state index contributed by atoms with van der Waals surface area (Å²) >= 11 is 0. The second-order valence-electron chi connectivity index (χ2n) is 13.0. The average Bonchev–Trinajstić information content (AvgIpc) is 3.19. The summed E-state index contributed by atoms with van der Waals surface area (Å²) in [4.78, 5) is 26.2. The third-order valence-electron chi connectivity index (χ3n) is 8.22. The van der Waals surface area contributed by atoms with Gasteiger partial charge in [0.05, 0.1) is 5.41 Å². The van der Waals surface area contributed by atoms with E-state index in [0.29, 0.717) is 6.42 Å². The van der Waals surface area contributed by atoms with Gasteiger partial charge in [-0.15, -0.1) is 0 Å². The molecule has 6 unspecified atom stereocenters. The maximum absolute atomic E-state index is 13.6. The monoisotopic (exact) mass is 516 g/mol. The number of hydrogen-bond donors (Lipinski definition) is 0. The minimum atomic E-state index is -5.65. The summed E-state index contributed by atoms with van der Waals surface area (Å²) < 4.78 is 98.2. The van der Waals surface area contributed by atoms with Crippen molar-refractivity contribution in [1.29, 1.82) is 0 Å². The fourth-order valence-electron chi connectivity index (χ4n) is 5.72. The summed E-state index contributed by atoms with van der Waals surface area (Å²) in [6.45, 7) is 13.4. The van der Waals surface area contributed by atoms with Crippen molar-refractivity contribution in [2.75, 3.05) is 0 Å². The molecular formula is C24H34F6O5. The van der Waals surface area contributed by atoms with Crippen LogP contribution in [0.2, 0.25) is 0 Å². The van der Waals surface area contributed by atoms with E-state index in [1.165, 1.54) is 0 Å². The predicted molar refractivity (Wildman–Crippen MR) is 112 cm³/mol. The molecule has 3 heterocycles. The number of carbonyl (C=O) groups excluding carboxylic acids is 2. The van der Waals surface area contributed by atoms with Crippen molar-refractivity contribution in [2.45, 2.75) is 111 Å². The topological polar surface area (TPSA) is 61.8 Å². The maximum atomic E-state index is 13.6. The molecule has 0 amide bonds. The summed E-state index contributed by atoms with van der Waals surface area (Å²) in [6.07, 6.45) is -17.6. The van der Waals surface area contributed by atoms with Crippen LogP contribution in [0.5, 0.6) is 0 Å². The van der Waals surface area contributed by atoms with Crippen LogP contribution in [0.4, 0.5) is 26.3 Å². The lowest BCUT2D eigenvalue weighted by atomic mass is 9.61. The van der Waals surface area contributed by atoms with Gasteiger partial charge in [-0.25, -0.2) is 0 Å². The molecule has 0 aromatic heterocycles. The highest BCUT2D eigenvalue weighted by Crippen LogP contribution is 2.64. The van der Waals surface area contributed by atoms with Crippen molar-refractivity contribution in [3.8, 4) is 0 Å². The molecule has 202 valence electrons. The molecule has 5 nitrogen and oxygen atoms in total. The normalized spacial score (nSPS) is 33.0. The lowest BCUT2D eigenvalue weighted by molar-refractivity contribution is -0.342. The summed E-state index contributed by atoms with van der Waals surface area (Å²) in [6, 6.07) is 0. The Morgan fingerprint density at radius 2 is 1.49 bits per heavy atom. The molecule has 0 saturated carbocycles. The number of rotatable bonds is 5. The van der Waals surface area contributed by atoms with Crippen molar-refractivity contribution < 1.29 is 50.1 Å². The van der Waals surface area contributed by atoms with Gasteiger partial charge in [-0.1, -0.05) is 41.5 Å². The number of ether oxygens (including phenoxy) is 3. The van der Waals surface area contributed by atoms with Crippen LogP contribution in [-0.2, 0) is 23.8 Å². The first-order valence-electron chi connectivity index (χ1n) is 11.6. The van der Waals surface area contributed by atoms with E-state index in [0.717, 1.165) is 0 Å². The van der Waals surface area contributed by atoms with Crippen molar-refractivity contribution in [2.24, 2.45) is 27.1 Å². The molecule has 0 aliphatic carbocycles. The van der Waals surface area contributed by atoms with Gasteiger partial charge in [-0.2, -0.15) is 26.3 Å². The summed E-state index contributed by atoms with van der Waals surface area (Å²) in [5.74, 6) is -1.76. The van der Waals surface area contributed by atoms with Gasteiger partial charge in [-0.3, -0.25) is 9.59 Å². The van der Waals surface area contributed by atoms with Crippen LogP contribution in [0.3, 0.4) is 0 Å². The highest BCUT2D eigenvalue weighted by Gasteiger charge is 2.79. The molecule has 3 rings (SSSR count). The quantitative estimate of drug-likeness (QED) is 0.332. The molecule has 0 aromatic carbocycles. The molecule has 2 bridgehead atoms. The van der Waals surface area contributed by atoms with E-state index >= 15 is 0 Å². The minimum absolute atomic E-state index is 0.0487. The third kappa shape index (κ3) is 4.23. The molecule has 11 heteroatoms. The van der Waals surface area contributed by atoms with Crippen LogP contribution in [0.15, 0.2) is 0 Å². The Morgan fingerprint density at radius 3 is 1.91 bits per heavy atom. The molecule has 3 aliphatic rings. The Balaban J connectivity index is 1.88. The number of esters is 2. The molecular weight excluding hydrogens is 482 g/mol. The van der Waals surface area contributed by atoms with E-state index in [9.17, 15) is 35.9 Å². The van der Waals surface area contributed by atoms with Crippen molar-refractivity contribution in [3.05, 3.63) is 0 Å². The van der Waals surface area contributed by atoms with Crippen LogP contribution >= 0.6 is 0 Å². The van der Waals surface area contributed by atoms with Gasteiger partial charge < -0.3 is 14.2 Å². The lowest BCUT2D eigenvalue weighted by Crippen LogP contribution is -2.55. The zero-order chi connectivity index (χ0) is 27.2. The first kappa shape index (κ1) is 28.1. The molecule has 0 spiro atoms. The highest BCUT2D eigenvalue weighted by atomic mass is 19.4. The van der Waals surface area contributed by atoms with Gasteiger partial charge in [0.2, 0.25) is 0 Å². The van der Waals surface area contributed by atoms with E-state index in [1.807, 2.05) is 41.5 Å². The van der Waals surface area contributed by atoms with Crippen molar-refractivity contribution in [1.82, 2.24) is 0 Å². The molecule has 35 heavy (non-hydrogen) atoms.